The van der Waals surface area contributed by atoms with Crippen molar-refractivity contribution in [3.8, 4) is 0 Å². The second-order valence-corrected chi connectivity index (χ2v) is 6.99. The Bertz CT molecular complexity index is 882. The number of rotatable bonds is 4. The van der Waals surface area contributed by atoms with Gasteiger partial charge in [0.25, 0.3) is 5.91 Å². The highest BCUT2D eigenvalue weighted by Crippen LogP contribution is 2.16. The van der Waals surface area contributed by atoms with Crippen molar-refractivity contribution in [1.29, 1.82) is 0 Å². The van der Waals surface area contributed by atoms with Crippen LogP contribution in [-0.4, -0.2) is 54.3 Å². The molecule has 6 nitrogen and oxygen atoms in total. The summed E-state index contributed by atoms with van der Waals surface area (Å²) >= 11 is 5.97. The lowest BCUT2D eigenvalue weighted by Gasteiger charge is -2.22. The van der Waals surface area contributed by atoms with Crippen molar-refractivity contribution >= 4 is 29.4 Å². The maximum absolute atomic E-state index is 12.7. The third-order valence-electron chi connectivity index (χ3n) is 4.70. The molecule has 0 N–H and O–H groups in total. The van der Waals surface area contributed by atoms with Gasteiger partial charge in [0.1, 0.15) is 0 Å². The van der Waals surface area contributed by atoms with Gasteiger partial charge in [-0.1, -0.05) is 29.8 Å². The number of hydrogen-bond donors (Lipinski definition) is 0. The van der Waals surface area contributed by atoms with Crippen LogP contribution in [0.3, 0.4) is 0 Å². The zero-order chi connectivity index (χ0) is 20.1. The molecule has 3 rings (SSSR count). The lowest BCUT2D eigenvalue weighted by atomic mass is 10.1. The Morgan fingerprint density at radius 1 is 1.04 bits per heavy atom. The summed E-state index contributed by atoms with van der Waals surface area (Å²) in [7, 11) is 1.34. The van der Waals surface area contributed by atoms with Crippen molar-refractivity contribution in [2.24, 2.45) is 0 Å². The predicted molar refractivity (Wildman–Crippen MR) is 105 cm³/mol. The molecule has 7 heteroatoms. The summed E-state index contributed by atoms with van der Waals surface area (Å²) in [5.41, 5.74) is 1.90. The van der Waals surface area contributed by atoms with Crippen LogP contribution in [0.25, 0.3) is 0 Å². The molecule has 0 saturated carbocycles. The van der Waals surface area contributed by atoms with E-state index < -0.39 is 5.97 Å². The number of amides is 2. The highest BCUT2D eigenvalue weighted by molar-refractivity contribution is 6.30. The zero-order valence-corrected chi connectivity index (χ0v) is 16.3. The number of carbonyl (C=O) groups excluding carboxylic acids is 3. The standard InChI is InChI=1S/C21H21ClN2O4/c1-28-21(27)16-7-5-15(6-8-16)14-24-12-11-23(10-9-19(24)25)20(26)17-3-2-4-18(22)13-17/h2-8,13H,9-12,14H2,1H3. The van der Waals surface area contributed by atoms with Gasteiger partial charge in [0.05, 0.1) is 12.7 Å². The summed E-state index contributed by atoms with van der Waals surface area (Å²) in [6.07, 6.45) is 0.270. The lowest BCUT2D eigenvalue weighted by molar-refractivity contribution is -0.130. The lowest BCUT2D eigenvalue weighted by Crippen LogP contribution is -2.35. The topological polar surface area (TPSA) is 66.9 Å². The number of esters is 1. The second-order valence-electron chi connectivity index (χ2n) is 6.56. The molecule has 1 fully saturated rings. The van der Waals surface area contributed by atoms with Gasteiger partial charge in [0.15, 0.2) is 0 Å². The smallest absolute Gasteiger partial charge is 0.337 e. The van der Waals surface area contributed by atoms with Crippen LogP contribution < -0.4 is 0 Å². The summed E-state index contributed by atoms with van der Waals surface area (Å²) < 4.78 is 4.69. The molecule has 1 saturated heterocycles. The van der Waals surface area contributed by atoms with Crippen LogP contribution in [0, 0.1) is 0 Å². The number of hydrogen-bond acceptors (Lipinski definition) is 4. The average molecular weight is 401 g/mol. The van der Waals surface area contributed by atoms with E-state index in [0.29, 0.717) is 42.3 Å². The molecule has 1 aliphatic heterocycles. The van der Waals surface area contributed by atoms with E-state index >= 15 is 0 Å². The maximum atomic E-state index is 12.7. The van der Waals surface area contributed by atoms with E-state index in [1.807, 2.05) is 0 Å². The quantitative estimate of drug-likeness (QED) is 0.740. The molecule has 0 aliphatic carbocycles. The Kier molecular flexibility index (Phi) is 6.31. The fourth-order valence-corrected chi connectivity index (χ4v) is 3.32. The van der Waals surface area contributed by atoms with Gasteiger partial charge in [-0.05, 0) is 35.9 Å². The van der Waals surface area contributed by atoms with Gasteiger partial charge in [0.2, 0.25) is 5.91 Å². The van der Waals surface area contributed by atoms with Crippen molar-refractivity contribution in [2.45, 2.75) is 13.0 Å². The molecule has 0 aromatic heterocycles. The fraction of sp³-hybridized carbons (Fsp3) is 0.286. The van der Waals surface area contributed by atoms with E-state index in [0.717, 1.165) is 5.56 Å². The predicted octanol–water partition coefficient (Wildman–Crippen LogP) is 3.00. The van der Waals surface area contributed by atoms with Crippen LogP contribution in [0.4, 0.5) is 0 Å². The van der Waals surface area contributed by atoms with Crippen molar-refractivity contribution in [3.63, 3.8) is 0 Å². The number of methoxy groups -OCH3 is 1. The van der Waals surface area contributed by atoms with E-state index in [-0.39, 0.29) is 18.2 Å². The molecule has 28 heavy (non-hydrogen) atoms. The average Bonchev–Trinajstić information content (AvgIpc) is 2.89. The normalized spacial score (nSPS) is 14.6. The molecular weight excluding hydrogens is 380 g/mol. The van der Waals surface area contributed by atoms with Gasteiger partial charge in [-0.15, -0.1) is 0 Å². The van der Waals surface area contributed by atoms with E-state index in [4.69, 9.17) is 11.6 Å². The fourth-order valence-electron chi connectivity index (χ4n) is 3.13. The van der Waals surface area contributed by atoms with Crippen LogP contribution in [0.2, 0.25) is 5.02 Å². The van der Waals surface area contributed by atoms with Gasteiger partial charge in [0, 0.05) is 43.2 Å². The molecule has 1 aliphatic rings. The van der Waals surface area contributed by atoms with Crippen LogP contribution >= 0.6 is 11.6 Å². The Balaban J connectivity index is 1.64. The summed E-state index contributed by atoms with van der Waals surface area (Å²) in [5.74, 6) is -0.523. The molecular formula is C21H21ClN2O4. The van der Waals surface area contributed by atoms with E-state index in [1.165, 1.54) is 7.11 Å². The summed E-state index contributed by atoms with van der Waals surface area (Å²) in [4.78, 5) is 40.1. The first kappa shape index (κ1) is 19.9. The molecule has 0 radical (unpaired) electrons. The monoisotopic (exact) mass is 400 g/mol. The number of benzene rings is 2. The third-order valence-corrected chi connectivity index (χ3v) is 4.93. The minimum Gasteiger partial charge on any atom is -0.465 e. The van der Waals surface area contributed by atoms with E-state index in [9.17, 15) is 14.4 Å². The van der Waals surface area contributed by atoms with Gasteiger partial charge in [-0.3, -0.25) is 9.59 Å². The third kappa shape index (κ3) is 4.70. The van der Waals surface area contributed by atoms with Gasteiger partial charge in [-0.25, -0.2) is 4.79 Å². The minimum absolute atomic E-state index is 0.00145. The van der Waals surface area contributed by atoms with E-state index in [2.05, 4.69) is 4.74 Å². The van der Waals surface area contributed by atoms with E-state index in [1.54, 1.807) is 58.3 Å². The minimum atomic E-state index is -0.396. The van der Waals surface area contributed by atoms with Crippen molar-refractivity contribution in [2.75, 3.05) is 26.7 Å². The van der Waals surface area contributed by atoms with Crippen LogP contribution in [-0.2, 0) is 16.1 Å². The van der Waals surface area contributed by atoms with Crippen molar-refractivity contribution in [3.05, 3.63) is 70.2 Å². The summed E-state index contributed by atoms with van der Waals surface area (Å²) in [6.45, 7) is 1.71. The molecule has 2 aromatic rings. The molecule has 2 amide bonds. The van der Waals surface area contributed by atoms with Crippen molar-refractivity contribution in [1.82, 2.24) is 9.80 Å². The summed E-state index contributed by atoms with van der Waals surface area (Å²) in [5, 5.41) is 0.508. The van der Waals surface area contributed by atoms with Crippen LogP contribution in [0.1, 0.15) is 32.7 Å². The largest absolute Gasteiger partial charge is 0.465 e. The summed E-state index contributed by atoms with van der Waals surface area (Å²) in [6, 6.07) is 13.8. The first-order chi connectivity index (χ1) is 13.5. The molecule has 0 bridgehead atoms. The molecule has 0 atom stereocenters. The highest BCUT2D eigenvalue weighted by Gasteiger charge is 2.24. The Morgan fingerprint density at radius 3 is 2.46 bits per heavy atom. The first-order valence-electron chi connectivity index (χ1n) is 8.98. The molecule has 0 unspecified atom stereocenters. The van der Waals surface area contributed by atoms with Crippen LogP contribution in [0.15, 0.2) is 48.5 Å². The second kappa shape index (κ2) is 8.89. The maximum Gasteiger partial charge on any atom is 0.337 e. The Morgan fingerprint density at radius 2 is 1.79 bits per heavy atom. The number of ether oxygens (including phenoxy) is 1. The molecule has 2 aromatic carbocycles. The number of halogens is 1. The molecule has 146 valence electrons. The SMILES string of the molecule is COC(=O)c1ccc(CN2CCN(C(=O)c3cccc(Cl)c3)CCC2=O)cc1. The first-order valence-corrected chi connectivity index (χ1v) is 9.35. The molecule has 0 spiro atoms. The highest BCUT2D eigenvalue weighted by atomic mass is 35.5. The van der Waals surface area contributed by atoms with Gasteiger partial charge < -0.3 is 14.5 Å². The van der Waals surface area contributed by atoms with Crippen LogP contribution in [0.5, 0.6) is 0 Å². The zero-order valence-electron chi connectivity index (χ0n) is 15.6. The number of nitrogens with zero attached hydrogens (tertiary/aromatic N) is 2. The Labute approximate surface area is 168 Å². The number of carbonyl (C=O) groups is 3. The van der Waals surface area contributed by atoms with Crippen molar-refractivity contribution < 1.29 is 19.1 Å². The van der Waals surface area contributed by atoms with Gasteiger partial charge in [-0.2, -0.15) is 0 Å². The molecule has 1 heterocycles. The van der Waals surface area contributed by atoms with Gasteiger partial charge >= 0.3 is 5.97 Å². The Hall–Kier alpha value is -2.86.